The third-order valence-corrected chi connectivity index (χ3v) is 3.03. The lowest BCUT2D eigenvalue weighted by Crippen LogP contribution is -2.24. The van der Waals surface area contributed by atoms with Crippen LogP contribution in [0.4, 0.5) is 5.82 Å². The molecule has 0 aliphatic carbocycles. The fourth-order valence-corrected chi connectivity index (χ4v) is 2.03. The number of anilines is 1. The van der Waals surface area contributed by atoms with Gasteiger partial charge in [0.1, 0.15) is 5.82 Å². The average molecular weight is 264 g/mol. The van der Waals surface area contributed by atoms with E-state index in [1.807, 2.05) is 6.92 Å². The van der Waals surface area contributed by atoms with Crippen molar-refractivity contribution < 1.29 is 9.53 Å². The molecule has 1 aliphatic rings. The van der Waals surface area contributed by atoms with Crippen LogP contribution in [0.25, 0.3) is 0 Å². The number of nitrogens with zero attached hydrogens (tertiary/aromatic N) is 2. The van der Waals surface area contributed by atoms with Crippen LogP contribution in [0.5, 0.6) is 0 Å². The largest absolute Gasteiger partial charge is 0.378 e. The van der Waals surface area contributed by atoms with E-state index in [0.717, 1.165) is 32.4 Å². The SMILES string of the molecule is CCNC(=O)c1ccc(NCCC2CCCO2)nn1. The van der Waals surface area contributed by atoms with Gasteiger partial charge in [0, 0.05) is 19.7 Å². The number of hydrogen-bond donors (Lipinski definition) is 2. The minimum atomic E-state index is -0.194. The van der Waals surface area contributed by atoms with Gasteiger partial charge in [0.25, 0.3) is 5.91 Å². The van der Waals surface area contributed by atoms with Crippen LogP contribution in [-0.4, -0.2) is 41.9 Å². The van der Waals surface area contributed by atoms with E-state index < -0.39 is 0 Å². The monoisotopic (exact) mass is 264 g/mol. The summed E-state index contributed by atoms with van der Waals surface area (Å²) in [6, 6.07) is 3.44. The molecule has 2 heterocycles. The van der Waals surface area contributed by atoms with E-state index in [1.54, 1.807) is 12.1 Å². The number of aromatic nitrogens is 2. The molecular formula is C13H20N4O2. The van der Waals surface area contributed by atoms with Crippen LogP contribution < -0.4 is 10.6 Å². The Bertz CT molecular complexity index is 402. The molecule has 6 nitrogen and oxygen atoms in total. The van der Waals surface area contributed by atoms with E-state index in [4.69, 9.17) is 4.74 Å². The maximum Gasteiger partial charge on any atom is 0.271 e. The second kappa shape index (κ2) is 7.04. The number of rotatable bonds is 6. The molecule has 6 heteroatoms. The predicted molar refractivity (Wildman–Crippen MR) is 72.1 cm³/mol. The number of amides is 1. The van der Waals surface area contributed by atoms with Gasteiger partial charge in [-0.2, -0.15) is 0 Å². The smallest absolute Gasteiger partial charge is 0.271 e. The second-order valence-electron chi connectivity index (χ2n) is 4.51. The van der Waals surface area contributed by atoms with Crippen molar-refractivity contribution in [3.05, 3.63) is 17.8 Å². The first kappa shape index (κ1) is 13.7. The van der Waals surface area contributed by atoms with E-state index in [-0.39, 0.29) is 5.91 Å². The first-order valence-corrected chi connectivity index (χ1v) is 6.77. The van der Waals surface area contributed by atoms with Crippen LogP contribution in [0.3, 0.4) is 0 Å². The molecule has 0 aromatic carbocycles. The van der Waals surface area contributed by atoms with Crippen LogP contribution >= 0.6 is 0 Å². The lowest BCUT2D eigenvalue weighted by atomic mass is 10.2. The average Bonchev–Trinajstić information content (AvgIpc) is 2.93. The molecule has 104 valence electrons. The molecule has 1 aromatic rings. The summed E-state index contributed by atoms with van der Waals surface area (Å²) < 4.78 is 5.54. The molecule has 2 N–H and O–H groups in total. The fourth-order valence-electron chi connectivity index (χ4n) is 2.03. The lowest BCUT2D eigenvalue weighted by molar-refractivity contribution is 0.0950. The van der Waals surface area contributed by atoms with E-state index in [2.05, 4.69) is 20.8 Å². The third-order valence-electron chi connectivity index (χ3n) is 3.03. The fraction of sp³-hybridized carbons (Fsp3) is 0.615. The molecular weight excluding hydrogens is 244 g/mol. The predicted octanol–water partition coefficient (Wildman–Crippen LogP) is 1.21. The van der Waals surface area contributed by atoms with Crippen LogP contribution in [-0.2, 0) is 4.74 Å². The number of carbonyl (C=O) groups excluding carboxylic acids is 1. The summed E-state index contributed by atoms with van der Waals surface area (Å²) in [4.78, 5) is 11.5. The second-order valence-corrected chi connectivity index (χ2v) is 4.51. The molecule has 1 saturated heterocycles. The first-order valence-electron chi connectivity index (χ1n) is 6.77. The Balaban J connectivity index is 1.76. The first-order chi connectivity index (χ1) is 9.29. The van der Waals surface area contributed by atoms with Crippen molar-refractivity contribution in [1.82, 2.24) is 15.5 Å². The molecule has 0 saturated carbocycles. The Kier molecular flexibility index (Phi) is 5.09. The van der Waals surface area contributed by atoms with Gasteiger partial charge in [0.05, 0.1) is 6.10 Å². The zero-order chi connectivity index (χ0) is 13.5. The molecule has 19 heavy (non-hydrogen) atoms. The molecule has 0 bridgehead atoms. The van der Waals surface area contributed by atoms with Crippen molar-refractivity contribution in [1.29, 1.82) is 0 Å². The molecule has 1 aliphatic heterocycles. The van der Waals surface area contributed by atoms with Gasteiger partial charge in [-0.15, -0.1) is 10.2 Å². The minimum absolute atomic E-state index is 0.194. The molecule has 0 radical (unpaired) electrons. The highest BCUT2D eigenvalue weighted by atomic mass is 16.5. The normalized spacial score (nSPS) is 18.3. The maximum absolute atomic E-state index is 11.5. The Hall–Kier alpha value is -1.69. The van der Waals surface area contributed by atoms with Gasteiger partial charge in [-0.25, -0.2) is 0 Å². The van der Waals surface area contributed by atoms with Gasteiger partial charge in [-0.3, -0.25) is 4.79 Å². The van der Waals surface area contributed by atoms with Crippen LogP contribution in [0.2, 0.25) is 0 Å². The highest BCUT2D eigenvalue weighted by Gasteiger charge is 2.14. The molecule has 1 aromatic heterocycles. The number of hydrogen-bond acceptors (Lipinski definition) is 5. The Morgan fingerprint density at radius 2 is 2.37 bits per heavy atom. The summed E-state index contributed by atoms with van der Waals surface area (Å²) in [5.41, 5.74) is 0.339. The molecule has 1 atom stereocenters. The van der Waals surface area contributed by atoms with Gasteiger partial charge < -0.3 is 15.4 Å². The minimum Gasteiger partial charge on any atom is -0.378 e. The highest BCUT2D eigenvalue weighted by Crippen LogP contribution is 2.15. The number of nitrogens with one attached hydrogen (secondary N) is 2. The summed E-state index contributed by atoms with van der Waals surface area (Å²) in [6.07, 6.45) is 3.64. The maximum atomic E-state index is 11.5. The van der Waals surface area contributed by atoms with Crippen molar-refractivity contribution >= 4 is 11.7 Å². The van der Waals surface area contributed by atoms with Gasteiger partial charge in [0.2, 0.25) is 0 Å². The van der Waals surface area contributed by atoms with E-state index >= 15 is 0 Å². The van der Waals surface area contributed by atoms with Crippen LogP contribution in [0.15, 0.2) is 12.1 Å². The van der Waals surface area contributed by atoms with E-state index in [9.17, 15) is 4.79 Å². The Labute approximate surface area is 112 Å². The summed E-state index contributed by atoms with van der Waals surface area (Å²) in [7, 11) is 0. The van der Waals surface area contributed by atoms with E-state index in [0.29, 0.717) is 24.2 Å². The van der Waals surface area contributed by atoms with Crippen LogP contribution in [0, 0.1) is 0 Å². The summed E-state index contributed by atoms with van der Waals surface area (Å²) >= 11 is 0. The van der Waals surface area contributed by atoms with Crippen molar-refractivity contribution in [2.45, 2.75) is 32.3 Å². The summed E-state index contributed by atoms with van der Waals surface area (Å²) in [6.45, 7) is 4.14. The summed E-state index contributed by atoms with van der Waals surface area (Å²) in [5.74, 6) is 0.493. The number of ether oxygens (including phenoxy) is 1. The molecule has 1 amide bonds. The Morgan fingerprint density at radius 1 is 1.47 bits per heavy atom. The number of carbonyl (C=O) groups is 1. The van der Waals surface area contributed by atoms with E-state index in [1.165, 1.54) is 0 Å². The van der Waals surface area contributed by atoms with Crippen molar-refractivity contribution in [2.75, 3.05) is 25.0 Å². The van der Waals surface area contributed by atoms with Crippen LogP contribution in [0.1, 0.15) is 36.7 Å². The molecule has 1 fully saturated rings. The van der Waals surface area contributed by atoms with Gasteiger partial charge in [0.15, 0.2) is 5.69 Å². The molecule has 1 unspecified atom stereocenters. The highest BCUT2D eigenvalue weighted by molar-refractivity contribution is 5.92. The zero-order valence-corrected chi connectivity index (χ0v) is 11.2. The standard InChI is InChI=1S/C13H20N4O2/c1-2-14-13(18)11-5-6-12(17-16-11)15-8-7-10-4-3-9-19-10/h5-6,10H,2-4,7-9H2,1H3,(H,14,18)(H,15,17). The quantitative estimate of drug-likeness (QED) is 0.807. The van der Waals surface area contributed by atoms with Crippen molar-refractivity contribution in [3.63, 3.8) is 0 Å². The topological polar surface area (TPSA) is 76.1 Å². The Morgan fingerprint density at radius 3 is 3.00 bits per heavy atom. The zero-order valence-electron chi connectivity index (χ0n) is 11.2. The molecule has 2 rings (SSSR count). The van der Waals surface area contributed by atoms with Crippen molar-refractivity contribution in [2.24, 2.45) is 0 Å². The van der Waals surface area contributed by atoms with Crippen molar-refractivity contribution in [3.8, 4) is 0 Å². The van der Waals surface area contributed by atoms with Gasteiger partial charge >= 0.3 is 0 Å². The van der Waals surface area contributed by atoms with Gasteiger partial charge in [-0.05, 0) is 38.3 Å². The third kappa shape index (κ3) is 4.17. The van der Waals surface area contributed by atoms with Gasteiger partial charge in [-0.1, -0.05) is 0 Å². The lowest BCUT2D eigenvalue weighted by Gasteiger charge is -2.10. The molecule has 0 spiro atoms. The summed E-state index contributed by atoms with van der Waals surface area (Å²) in [5, 5.41) is 13.7.